The SMILES string of the molecule is Cn1ccc(Cn2cc(S(=O)(=O)Cl)cn2)n1. The Labute approximate surface area is 96.9 Å². The average Bonchev–Trinajstić information content (AvgIpc) is 2.74. The van der Waals surface area contributed by atoms with Crippen molar-refractivity contribution in [2.45, 2.75) is 11.4 Å². The van der Waals surface area contributed by atoms with Crippen molar-refractivity contribution < 1.29 is 8.42 Å². The van der Waals surface area contributed by atoms with E-state index in [1.807, 2.05) is 6.07 Å². The highest BCUT2D eigenvalue weighted by Gasteiger charge is 2.12. The van der Waals surface area contributed by atoms with E-state index < -0.39 is 9.05 Å². The second kappa shape index (κ2) is 3.91. The van der Waals surface area contributed by atoms with Gasteiger partial charge in [0.1, 0.15) is 4.90 Å². The van der Waals surface area contributed by atoms with Crippen LogP contribution in [0.5, 0.6) is 0 Å². The lowest BCUT2D eigenvalue weighted by Gasteiger charge is -1.96. The Morgan fingerprint density at radius 2 is 2.25 bits per heavy atom. The number of hydrogen-bond acceptors (Lipinski definition) is 4. The third-order valence-electron chi connectivity index (χ3n) is 1.98. The lowest BCUT2D eigenvalue weighted by molar-refractivity contribution is 0.608. The molecule has 8 heteroatoms. The smallest absolute Gasteiger partial charge is 0.264 e. The summed E-state index contributed by atoms with van der Waals surface area (Å²) in [5.41, 5.74) is 0.795. The number of aryl methyl sites for hydroxylation is 1. The highest BCUT2D eigenvalue weighted by molar-refractivity contribution is 8.13. The molecule has 0 amide bonds. The van der Waals surface area contributed by atoms with Gasteiger partial charge >= 0.3 is 0 Å². The molecule has 0 N–H and O–H groups in total. The van der Waals surface area contributed by atoms with Gasteiger partial charge in [0, 0.05) is 30.1 Å². The molecule has 0 aliphatic rings. The summed E-state index contributed by atoms with van der Waals surface area (Å²) in [6.07, 6.45) is 4.39. The molecule has 2 aromatic rings. The standard InChI is InChI=1S/C8H9ClN4O2S/c1-12-3-2-7(11-12)5-13-6-8(4-10-13)16(9,14)15/h2-4,6H,5H2,1H3. The van der Waals surface area contributed by atoms with E-state index >= 15 is 0 Å². The highest BCUT2D eigenvalue weighted by atomic mass is 35.7. The normalized spacial score (nSPS) is 11.9. The van der Waals surface area contributed by atoms with E-state index in [9.17, 15) is 8.42 Å². The van der Waals surface area contributed by atoms with Crippen LogP contribution in [0.25, 0.3) is 0 Å². The quantitative estimate of drug-likeness (QED) is 0.758. The fourth-order valence-electron chi connectivity index (χ4n) is 1.27. The molecule has 0 aromatic carbocycles. The highest BCUT2D eigenvalue weighted by Crippen LogP contribution is 2.13. The predicted molar refractivity (Wildman–Crippen MR) is 57.6 cm³/mol. The first-order chi connectivity index (χ1) is 7.45. The number of halogens is 1. The van der Waals surface area contributed by atoms with Crippen LogP contribution in [0.1, 0.15) is 5.69 Å². The zero-order chi connectivity index (χ0) is 11.8. The molecule has 86 valence electrons. The van der Waals surface area contributed by atoms with Crippen molar-refractivity contribution >= 4 is 19.7 Å². The Balaban J connectivity index is 2.21. The summed E-state index contributed by atoms with van der Waals surface area (Å²) < 4.78 is 25.1. The molecule has 2 rings (SSSR count). The summed E-state index contributed by atoms with van der Waals surface area (Å²) >= 11 is 0. The van der Waals surface area contributed by atoms with E-state index in [1.54, 1.807) is 17.9 Å². The Kier molecular flexibility index (Phi) is 2.73. The van der Waals surface area contributed by atoms with Crippen molar-refractivity contribution in [2.75, 3.05) is 0 Å². The fraction of sp³-hybridized carbons (Fsp3) is 0.250. The maximum Gasteiger partial charge on any atom is 0.264 e. The van der Waals surface area contributed by atoms with Gasteiger partial charge in [-0.15, -0.1) is 0 Å². The first-order valence-corrected chi connectivity index (χ1v) is 6.72. The number of hydrogen-bond donors (Lipinski definition) is 0. The fourth-order valence-corrected chi connectivity index (χ4v) is 1.93. The van der Waals surface area contributed by atoms with Crippen LogP contribution in [0.2, 0.25) is 0 Å². The van der Waals surface area contributed by atoms with E-state index in [0.717, 1.165) is 5.69 Å². The molecule has 0 aliphatic heterocycles. The number of rotatable bonds is 3. The summed E-state index contributed by atoms with van der Waals surface area (Å²) in [6.45, 7) is 0.410. The zero-order valence-corrected chi connectivity index (χ0v) is 9.98. The summed E-state index contributed by atoms with van der Waals surface area (Å²) in [6, 6.07) is 1.83. The average molecular weight is 261 g/mol. The van der Waals surface area contributed by atoms with Gasteiger partial charge in [0.05, 0.1) is 18.4 Å². The summed E-state index contributed by atoms with van der Waals surface area (Å²) in [4.78, 5) is -0.00917. The zero-order valence-electron chi connectivity index (χ0n) is 8.41. The van der Waals surface area contributed by atoms with Crippen LogP contribution in [0, 0.1) is 0 Å². The molecule has 0 saturated heterocycles. The molecule has 0 fully saturated rings. The van der Waals surface area contributed by atoms with Crippen molar-refractivity contribution in [1.29, 1.82) is 0 Å². The van der Waals surface area contributed by atoms with E-state index in [2.05, 4.69) is 10.2 Å². The third-order valence-corrected chi connectivity index (χ3v) is 3.29. The van der Waals surface area contributed by atoms with Crippen molar-refractivity contribution in [3.8, 4) is 0 Å². The van der Waals surface area contributed by atoms with Crippen LogP contribution in [-0.4, -0.2) is 28.0 Å². The molecule has 16 heavy (non-hydrogen) atoms. The van der Waals surface area contributed by atoms with Crippen LogP contribution < -0.4 is 0 Å². The Morgan fingerprint density at radius 3 is 2.75 bits per heavy atom. The second-order valence-corrected chi connectivity index (χ2v) is 5.86. The maximum atomic E-state index is 11.0. The van der Waals surface area contributed by atoms with Crippen molar-refractivity contribution in [3.05, 3.63) is 30.4 Å². The van der Waals surface area contributed by atoms with Gasteiger partial charge in [0.25, 0.3) is 9.05 Å². The van der Waals surface area contributed by atoms with Crippen molar-refractivity contribution in [3.63, 3.8) is 0 Å². The van der Waals surface area contributed by atoms with Gasteiger partial charge in [-0.25, -0.2) is 8.42 Å². The van der Waals surface area contributed by atoms with Crippen LogP contribution in [-0.2, 0) is 22.6 Å². The van der Waals surface area contributed by atoms with Crippen LogP contribution in [0.4, 0.5) is 0 Å². The Hall–Kier alpha value is -1.34. The van der Waals surface area contributed by atoms with E-state index in [1.165, 1.54) is 17.1 Å². The van der Waals surface area contributed by atoms with Gasteiger partial charge in [-0.1, -0.05) is 0 Å². The first-order valence-electron chi connectivity index (χ1n) is 4.41. The molecular weight excluding hydrogens is 252 g/mol. The monoisotopic (exact) mass is 260 g/mol. The summed E-state index contributed by atoms with van der Waals surface area (Å²) in [7, 11) is 3.28. The van der Waals surface area contributed by atoms with Crippen LogP contribution in [0.15, 0.2) is 29.6 Å². The molecule has 0 radical (unpaired) electrons. The molecule has 6 nitrogen and oxygen atoms in total. The van der Waals surface area contributed by atoms with Crippen molar-refractivity contribution in [2.24, 2.45) is 7.05 Å². The minimum atomic E-state index is -3.71. The van der Waals surface area contributed by atoms with Gasteiger partial charge in [-0.2, -0.15) is 10.2 Å². The molecule has 2 aromatic heterocycles. The van der Waals surface area contributed by atoms with Gasteiger partial charge < -0.3 is 0 Å². The van der Waals surface area contributed by atoms with Crippen LogP contribution >= 0.6 is 10.7 Å². The molecule has 0 bridgehead atoms. The first kappa shape index (κ1) is 11.2. The van der Waals surface area contributed by atoms with Crippen molar-refractivity contribution in [1.82, 2.24) is 19.6 Å². The maximum absolute atomic E-state index is 11.0. The largest absolute Gasteiger partial charge is 0.275 e. The molecule has 2 heterocycles. The molecule has 0 saturated carbocycles. The topological polar surface area (TPSA) is 69.8 Å². The van der Waals surface area contributed by atoms with E-state index in [-0.39, 0.29) is 4.90 Å². The summed E-state index contributed by atoms with van der Waals surface area (Å²) in [5.74, 6) is 0. The third kappa shape index (κ3) is 2.42. The van der Waals surface area contributed by atoms with E-state index in [4.69, 9.17) is 10.7 Å². The Bertz CT molecular complexity index is 601. The minimum Gasteiger partial charge on any atom is -0.275 e. The number of aromatic nitrogens is 4. The summed E-state index contributed by atoms with van der Waals surface area (Å²) in [5, 5.41) is 8.04. The molecule has 0 unspecified atom stereocenters. The number of nitrogens with zero attached hydrogens (tertiary/aromatic N) is 4. The van der Waals surface area contributed by atoms with Gasteiger partial charge in [0.15, 0.2) is 0 Å². The molecule has 0 spiro atoms. The lowest BCUT2D eigenvalue weighted by atomic mass is 10.4. The predicted octanol–water partition coefficient (Wildman–Crippen LogP) is 0.592. The van der Waals surface area contributed by atoms with Crippen LogP contribution in [0.3, 0.4) is 0 Å². The Morgan fingerprint density at radius 1 is 1.50 bits per heavy atom. The second-order valence-electron chi connectivity index (χ2n) is 3.29. The molecular formula is C8H9ClN4O2S. The van der Waals surface area contributed by atoms with Gasteiger partial charge in [-0.3, -0.25) is 9.36 Å². The molecule has 0 aliphatic carbocycles. The molecule has 0 atom stereocenters. The lowest BCUT2D eigenvalue weighted by Crippen LogP contribution is -2.01. The van der Waals surface area contributed by atoms with Gasteiger partial charge in [0.2, 0.25) is 0 Å². The minimum absolute atomic E-state index is 0.00917. The van der Waals surface area contributed by atoms with Gasteiger partial charge in [-0.05, 0) is 6.07 Å². The van der Waals surface area contributed by atoms with E-state index in [0.29, 0.717) is 6.54 Å².